The number of aryl methyl sites for hydroxylation is 1. The van der Waals surface area contributed by atoms with Gasteiger partial charge in [0.15, 0.2) is 0 Å². The van der Waals surface area contributed by atoms with E-state index in [0.717, 1.165) is 16.5 Å². The number of rotatable bonds is 0. The Bertz CT molecular complexity index is 466. The first-order valence-corrected chi connectivity index (χ1v) is 4.38. The molecule has 1 heterocycles. The number of benzene rings is 1. The highest BCUT2D eigenvalue weighted by atomic mass is 35.5. The molecule has 1 aromatic carbocycles. The predicted octanol–water partition coefficient (Wildman–Crippen LogP) is 2.78. The third-order valence-corrected chi connectivity index (χ3v) is 2.38. The maximum atomic E-state index is 5.97. The Balaban J connectivity index is 2.97. The van der Waals surface area contributed by atoms with Crippen LogP contribution in [0.2, 0.25) is 5.15 Å². The van der Waals surface area contributed by atoms with E-state index in [1.54, 1.807) is 0 Å². The number of fused-ring (bicyclic) bond motifs is 1. The van der Waals surface area contributed by atoms with Crippen molar-refractivity contribution in [3.63, 3.8) is 0 Å². The Morgan fingerprint density at radius 2 is 1.85 bits per heavy atom. The SMILES string of the molecule is Cc1nc(Cl)c2ccccc2c1N. The van der Waals surface area contributed by atoms with Crippen LogP contribution in [0.5, 0.6) is 0 Å². The summed E-state index contributed by atoms with van der Waals surface area (Å²) in [5, 5.41) is 2.40. The number of nitrogen functional groups attached to an aromatic ring is 1. The molecule has 0 bridgehead atoms. The van der Waals surface area contributed by atoms with Crippen LogP contribution < -0.4 is 5.73 Å². The van der Waals surface area contributed by atoms with Crippen molar-refractivity contribution >= 4 is 28.1 Å². The minimum atomic E-state index is 0.516. The Kier molecular flexibility index (Phi) is 1.85. The Hall–Kier alpha value is -1.28. The number of nitrogens with two attached hydrogens (primary N) is 1. The second-order valence-corrected chi connectivity index (χ2v) is 3.31. The molecule has 0 aliphatic heterocycles. The summed E-state index contributed by atoms with van der Waals surface area (Å²) in [6.45, 7) is 1.85. The van der Waals surface area contributed by atoms with Gasteiger partial charge in [-0.1, -0.05) is 35.9 Å². The highest BCUT2D eigenvalue weighted by Crippen LogP contribution is 2.27. The van der Waals surface area contributed by atoms with Crippen LogP contribution in [0, 0.1) is 6.92 Å². The molecule has 0 saturated heterocycles. The molecule has 0 atom stereocenters. The number of halogens is 1. The zero-order chi connectivity index (χ0) is 9.42. The second kappa shape index (κ2) is 2.89. The van der Waals surface area contributed by atoms with Crippen LogP contribution in [0.1, 0.15) is 5.69 Å². The first-order valence-electron chi connectivity index (χ1n) is 4.00. The molecule has 2 aromatic rings. The summed E-state index contributed by atoms with van der Waals surface area (Å²) in [5.74, 6) is 0. The lowest BCUT2D eigenvalue weighted by molar-refractivity contribution is 1.23. The standard InChI is InChI=1S/C10H9ClN2/c1-6-9(12)7-4-2-3-5-8(7)10(11)13-6/h2-5H,12H2,1H3. The summed E-state index contributed by atoms with van der Waals surface area (Å²) in [5.41, 5.74) is 7.36. The Morgan fingerprint density at radius 3 is 2.54 bits per heavy atom. The van der Waals surface area contributed by atoms with Crippen molar-refractivity contribution in [2.45, 2.75) is 6.92 Å². The zero-order valence-electron chi connectivity index (χ0n) is 7.21. The molecule has 0 amide bonds. The smallest absolute Gasteiger partial charge is 0.137 e. The number of hydrogen-bond acceptors (Lipinski definition) is 2. The normalized spacial score (nSPS) is 10.6. The van der Waals surface area contributed by atoms with Gasteiger partial charge < -0.3 is 5.73 Å². The van der Waals surface area contributed by atoms with E-state index in [-0.39, 0.29) is 0 Å². The van der Waals surface area contributed by atoms with E-state index < -0.39 is 0 Å². The average Bonchev–Trinajstić information content (AvgIpc) is 2.15. The number of hydrogen-bond donors (Lipinski definition) is 1. The second-order valence-electron chi connectivity index (χ2n) is 2.95. The van der Waals surface area contributed by atoms with E-state index in [2.05, 4.69) is 4.98 Å². The summed E-state index contributed by atoms with van der Waals surface area (Å²) in [7, 11) is 0. The molecular weight excluding hydrogens is 184 g/mol. The largest absolute Gasteiger partial charge is 0.397 e. The molecular formula is C10H9ClN2. The van der Waals surface area contributed by atoms with Crippen molar-refractivity contribution in [2.24, 2.45) is 0 Å². The molecule has 0 aliphatic rings. The van der Waals surface area contributed by atoms with Crippen LogP contribution in [0.4, 0.5) is 5.69 Å². The number of nitrogens with zero attached hydrogens (tertiary/aromatic N) is 1. The van der Waals surface area contributed by atoms with Gasteiger partial charge >= 0.3 is 0 Å². The van der Waals surface area contributed by atoms with E-state index in [9.17, 15) is 0 Å². The predicted molar refractivity (Wildman–Crippen MR) is 55.9 cm³/mol. The summed E-state index contributed by atoms with van der Waals surface area (Å²) >= 11 is 5.97. The summed E-state index contributed by atoms with van der Waals surface area (Å²) in [6.07, 6.45) is 0. The first kappa shape index (κ1) is 8.32. The molecule has 0 aliphatic carbocycles. The van der Waals surface area contributed by atoms with Crippen molar-refractivity contribution in [2.75, 3.05) is 5.73 Å². The molecule has 0 fully saturated rings. The maximum Gasteiger partial charge on any atom is 0.137 e. The molecule has 66 valence electrons. The average molecular weight is 193 g/mol. The van der Waals surface area contributed by atoms with Gasteiger partial charge in [-0.25, -0.2) is 4.98 Å². The fourth-order valence-corrected chi connectivity index (χ4v) is 1.65. The first-order chi connectivity index (χ1) is 6.20. The number of pyridine rings is 1. The Labute approximate surface area is 81.3 Å². The monoisotopic (exact) mass is 192 g/mol. The van der Waals surface area contributed by atoms with Crippen LogP contribution in [0.25, 0.3) is 10.8 Å². The van der Waals surface area contributed by atoms with Gasteiger partial charge in [-0.05, 0) is 6.92 Å². The number of anilines is 1. The van der Waals surface area contributed by atoms with E-state index in [4.69, 9.17) is 17.3 Å². The maximum absolute atomic E-state index is 5.97. The minimum absolute atomic E-state index is 0.516. The Morgan fingerprint density at radius 1 is 1.23 bits per heavy atom. The summed E-state index contributed by atoms with van der Waals surface area (Å²) < 4.78 is 0. The van der Waals surface area contributed by atoms with Crippen LogP contribution in [0.3, 0.4) is 0 Å². The van der Waals surface area contributed by atoms with Gasteiger partial charge in [0.2, 0.25) is 0 Å². The van der Waals surface area contributed by atoms with Gasteiger partial charge in [-0.2, -0.15) is 0 Å². The van der Waals surface area contributed by atoms with E-state index >= 15 is 0 Å². The van der Waals surface area contributed by atoms with E-state index in [0.29, 0.717) is 10.8 Å². The molecule has 3 heteroatoms. The fraction of sp³-hybridized carbons (Fsp3) is 0.100. The van der Waals surface area contributed by atoms with Gasteiger partial charge in [0.1, 0.15) is 5.15 Å². The van der Waals surface area contributed by atoms with Gasteiger partial charge in [-0.15, -0.1) is 0 Å². The lowest BCUT2D eigenvalue weighted by atomic mass is 10.1. The van der Waals surface area contributed by atoms with Crippen LogP contribution in [-0.4, -0.2) is 4.98 Å². The van der Waals surface area contributed by atoms with Gasteiger partial charge in [0, 0.05) is 10.8 Å². The van der Waals surface area contributed by atoms with Crippen molar-refractivity contribution in [3.05, 3.63) is 35.1 Å². The highest BCUT2D eigenvalue weighted by Gasteiger charge is 2.05. The van der Waals surface area contributed by atoms with Crippen molar-refractivity contribution < 1.29 is 0 Å². The van der Waals surface area contributed by atoms with Gasteiger partial charge in [0.25, 0.3) is 0 Å². The van der Waals surface area contributed by atoms with Crippen LogP contribution in [-0.2, 0) is 0 Å². The minimum Gasteiger partial charge on any atom is -0.397 e. The van der Waals surface area contributed by atoms with Gasteiger partial charge in [-0.3, -0.25) is 0 Å². The van der Waals surface area contributed by atoms with E-state index in [1.165, 1.54) is 0 Å². The molecule has 0 radical (unpaired) electrons. The van der Waals surface area contributed by atoms with Crippen LogP contribution in [0.15, 0.2) is 24.3 Å². The van der Waals surface area contributed by atoms with E-state index in [1.807, 2.05) is 31.2 Å². The molecule has 2 N–H and O–H groups in total. The summed E-state index contributed by atoms with van der Waals surface area (Å²) in [6, 6.07) is 7.73. The fourth-order valence-electron chi connectivity index (χ4n) is 1.36. The zero-order valence-corrected chi connectivity index (χ0v) is 7.97. The third-order valence-electron chi connectivity index (χ3n) is 2.10. The molecule has 0 spiro atoms. The lowest BCUT2D eigenvalue weighted by Gasteiger charge is -2.05. The summed E-state index contributed by atoms with van der Waals surface area (Å²) in [4.78, 5) is 4.14. The lowest BCUT2D eigenvalue weighted by Crippen LogP contribution is -1.95. The molecule has 13 heavy (non-hydrogen) atoms. The molecule has 2 rings (SSSR count). The molecule has 1 aromatic heterocycles. The van der Waals surface area contributed by atoms with Crippen LogP contribution >= 0.6 is 11.6 Å². The number of aromatic nitrogens is 1. The quantitative estimate of drug-likeness (QED) is 0.652. The van der Waals surface area contributed by atoms with Gasteiger partial charge in [0.05, 0.1) is 11.4 Å². The topological polar surface area (TPSA) is 38.9 Å². The molecule has 2 nitrogen and oxygen atoms in total. The van der Waals surface area contributed by atoms with Crippen molar-refractivity contribution in [1.82, 2.24) is 4.98 Å². The highest BCUT2D eigenvalue weighted by molar-refractivity contribution is 6.34. The molecule has 0 unspecified atom stereocenters. The third kappa shape index (κ3) is 1.23. The molecule has 0 saturated carbocycles. The van der Waals surface area contributed by atoms with Crippen molar-refractivity contribution in [3.8, 4) is 0 Å². The van der Waals surface area contributed by atoms with Crippen molar-refractivity contribution in [1.29, 1.82) is 0 Å².